The molecule has 0 aliphatic heterocycles. The number of carbonyl (C=O) groups is 1. The fourth-order valence-corrected chi connectivity index (χ4v) is 0.998. The Hall–Kier alpha value is -1.33. The molecule has 0 saturated heterocycles. The van der Waals surface area contributed by atoms with Gasteiger partial charge in [0.05, 0.1) is 6.20 Å². The van der Waals surface area contributed by atoms with Crippen molar-refractivity contribution in [3.05, 3.63) is 11.9 Å². The lowest BCUT2D eigenvalue weighted by atomic mass is 10.2. The molecular formula is C8H11F2N3O. The summed E-state index contributed by atoms with van der Waals surface area (Å²) in [7, 11) is 0. The molecule has 0 saturated carbocycles. The quantitative estimate of drug-likeness (QED) is 0.697. The minimum absolute atomic E-state index is 0.00157. The fourth-order valence-electron chi connectivity index (χ4n) is 0.998. The molecule has 0 spiro atoms. The maximum atomic E-state index is 12.5. The number of hydrogen-bond donors (Lipinski definition) is 0. The molecule has 0 aliphatic rings. The van der Waals surface area contributed by atoms with E-state index in [9.17, 15) is 13.6 Å². The van der Waals surface area contributed by atoms with E-state index in [-0.39, 0.29) is 24.4 Å². The molecule has 0 radical (unpaired) electrons. The Morgan fingerprint density at radius 1 is 1.64 bits per heavy atom. The van der Waals surface area contributed by atoms with Gasteiger partial charge in [0, 0.05) is 19.9 Å². The summed E-state index contributed by atoms with van der Waals surface area (Å²) < 4.78 is 26.2. The van der Waals surface area contributed by atoms with Crippen molar-refractivity contribution in [1.82, 2.24) is 15.0 Å². The van der Waals surface area contributed by atoms with Crippen molar-refractivity contribution in [2.75, 3.05) is 0 Å². The Bertz CT molecular complexity index is 330. The molecule has 1 aromatic heterocycles. The number of halogens is 2. The van der Waals surface area contributed by atoms with Gasteiger partial charge in [-0.1, -0.05) is 5.21 Å². The topological polar surface area (TPSA) is 47.8 Å². The molecule has 14 heavy (non-hydrogen) atoms. The van der Waals surface area contributed by atoms with E-state index >= 15 is 0 Å². The van der Waals surface area contributed by atoms with Crippen LogP contribution in [-0.4, -0.2) is 26.7 Å². The van der Waals surface area contributed by atoms with Crippen LogP contribution in [0.4, 0.5) is 8.78 Å². The minimum atomic E-state index is -2.75. The van der Waals surface area contributed by atoms with Crippen LogP contribution in [0.5, 0.6) is 0 Å². The second kappa shape index (κ2) is 3.81. The number of aromatic nitrogens is 3. The van der Waals surface area contributed by atoms with E-state index in [0.717, 1.165) is 6.92 Å². The molecule has 0 atom stereocenters. The number of rotatable bonds is 4. The van der Waals surface area contributed by atoms with E-state index in [0.29, 0.717) is 0 Å². The Morgan fingerprint density at radius 2 is 2.29 bits per heavy atom. The molecule has 78 valence electrons. The highest BCUT2D eigenvalue weighted by molar-refractivity contribution is 5.91. The van der Waals surface area contributed by atoms with Crippen LogP contribution in [0.15, 0.2) is 6.20 Å². The first-order valence-electron chi connectivity index (χ1n) is 4.17. The first kappa shape index (κ1) is 10.7. The summed E-state index contributed by atoms with van der Waals surface area (Å²) in [6.07, 6.45) is 0.923. The molecule has 1 aromatic rings. The van der Waals surface area contributed by atoms with Crippen LogP contribution in [0.25, 0.3) is 0 Å². The van der Waals surface area contributed by atoms with E-state index in [1.807, 2.05) is 0 Å². The number of hydrogen-bond acceptors (Lipinski definition) is 3. The maximum absolute atomic E-state index is 12.5. The summed E-state index contributed by atoms with van der Waals surface area (Å²) in [5, 5.41) is 7.04. The van der Waals surface area contributed by atoms with Gasteiger partial charge in [-0.05, 0) is 6.92 Å². The lowest BCUT2D eigenvalue weighted by Gasteiger charge is -2.09. The molecule has 0 unspecified atom stereocenters. The number of ketones is 1. The average Bonchev–Trinajstić information content (AvgIpc) is 2.46. The zero-order valence-electron chi connectivity index (χ0n) is 8.00. The van der Waals surface area contributed by atoms with Crippen LogP contribution < -0.4 is 0 Å². The van der Waals surface area contributed by atoms with Crippen molar-refractivity contribution in [3.8, 4) is 0 Å². The van der Waals surface area contributed by atoms with Gasteiger partial charge in [-0.2, -0.15) is 0 Å². The molecule has 0 N–H and O–H groups in total. The third-order valence-corrected chi connectivity index (χ3v) is 1.74. The molecule has 0 aliphatic carbocycles. The van der Waals surface area contributed by atoms with Gasteiger partial charge in [0.25, 0.3) is 0 Å². The van der Waals surface area contributed by atoms with E-state index in [4.69, 9.17) is 0 Å². The van der Waals surface area contributed by atoms with Crippen molar-refractivity contribution < 1.29 is 13.6 Å². The van der Waals surface area contributed by atoms with E-state index < -0.39 is 5.92 Å². The smallest absolute Gasteiger partial charge is 0.247 e. The molecule has 6 heteroatoms. The van der Waals surface area contributed by atoms with Crippen molar-refractivity contribution in [2.24, 2.45) is 0 Å². The first-order valence-corrected chi connectivity index (χ1v) is 4.17. The second-order valence-electron chi connectivity index (χ2n) is 3.22. The normalized spacial score (nSPS) is 11.7. The van der Waals surface area contributed by atoms with Crippen LogP contribution in [0, 0.1) is 0 Å². The largest absolute Gasteiger partial charge is 0.293 e. The van der Waals surface area contributed by atoms with Gasteiger partial charge >= 0.3 is 0 Å². The van der Waals surface area contributed by atoms with Gasteiger partial charge in [-0.15, -0.1) is 5.10 Å². The van der Waals surface area contributed by atoms with Gasteiger partial charge in [0.2, 0.25) is 5.92 Å². The van der Waals surface area contributed by atoms with Crippen molar-refractivity contribution in [3.63, 3.8) is 0 Å². The van der Waals surface area contributed by atoms with Crippen molar-refractivity contribution >= 4 is 5.78 Å². The molecular weight excluding hydrogens is 192 g/mol. The highest BCUT2D eigenvalue weighted by atomic mass is 19.3. The highest BCUT2D eigenvalue weighted by Crippen LogP contribution is 2.17. The van der Waals surface area contributed by atoms with E-state index in [1.54, 1.807) is 0 Å². The lowest BCUT2D eigenvalue weighted by molar-refractivity contribution is 0.00743. The average molecular weight is 203 g/mol. The number of carbonyl (C=O) groups excluding carboxylic acids is 1. The molecule has 1 heterocycles. The van der Waals surface area contributed by atoms with Crippen molar-refractivity contribution in [2.45, 2.75) is 32.7 Å². The van der Waals surface area contributed by atoms with E-state index in [1.165, 1.54) is 17.8 Å². The number of alkyl halides is 2. The summed E-state index contributed by atoms with van der Waals surface area (Å²) in [6.45, 7) is 2.18. The summed E-state index contributed by atoms with van der Waals surface area (Å²) in [6, 6.07) is 0. The Balaban J connectivity index is 2.68. The zero-order chi connectivity index (χ0) is 10.8. The predicted octanol–water partition coefficient (Wildman–Crippen LogP) is 1.53. The Morgan fingerprint density at radius 3 is 2.79 bits per heavy atom. The minimum Gasteiger partial charge on any atom is -0.293 e. The predicted molar refractivity (Wildman–Crippen MR) is 45.3 cm³/mol. The van der Waals surface area contributed by atoms with E-state index in [2.05, 4.69) is 10.3 Å². The number of aryl methyl sites for hydroxylation is 1. The molecule has 0 fully saturated rings. The van der Waals surface area contributed by atoms with Gasteiger partial charge in [0.1, 0.15) is 5.69 Å². The molecule has 0 bridgehead atoms. The third-order valence-electron chi connectivity index (χ3n) is 1.74. The van der Waals surface area contributed by atoms with Crippen LogP contribution in [0.3, 0.4) is 0 Å². The van der Waals surface area contributed by atoms with Crippen LogP contribution in [0.2, 0.25) is 0 Å². The SMILES string of the molecule is CC(=O)c1cnnn1CCC(C)(F)F. The first-order chi connectivity index (χ1) is 6.40. The summed E-state index contributed by atoms with van der Waals surface area (Å²) in [5.74, 6) is -2.98. The third kappa shape index (κ3) is 2.86. The van der Waals surface area contributed by atoms with Crippen LogP contribution >= 0.6 is 0 Å². The summed E-state index contributed by atoms with van der Waals surface area (Å²) >= 11 is 0. The van der Waals surface area contributed by atoms with Gasteiger partial charge in [-0.3, -0.25) is 4.79 Å². The van der Waals surface area contributed by atoms with Crippen LogP contribution in [0.1, 0.15) is 30.8 Å². The Kier molecular flexibility index (Phi) is 2.93. The Labute approximate surface area is 79.9 Å². The summed E-state index contributed by atoms with van der Waals surface area (Å²) in [4.78, 5) is 11.0. The molecule has 4 nitrogen and oxygen atoms in total. The van der Waals surface area contributed by atoms with Gasteiger partial charge in [0.15, 0.2) is 5.78 Å². The monoisotopic (exact) mass is 203 g/mol. The zero-order valence-corrected chi connectivity index (χ0v) is 8.00. The van der Waals surface area contributed by atoms with Crippen LogP contribution in [-0.2, 0) is 6.54 Å². The number of nitrogens with zero attached hydrogens (tertiary/aromatic N) is 3. The highest BCUT2D eigenvalue weighted by Gasteiger charge is 2.21. The second-order valence-corrected chi connectivity index (χ2v) is 3.22. The molecule has 0 aromatic carbocycles. The fraction of sp³-hybridized carbons (Fsp3) is 0.625. The van der Waals surface area contributed by atoms with Crippen molar-refractivity contribution in [1.29, 1.82) is 0 Å². The van der Waals surface area contributed by atoms with Gasteiger partial charge in [-0.25, -0.2) is 13.5 Å². The standard InChI is InChI=1S/C8H11F2N3O/c1-6(14)7-5-11-12-13(7)4-3-8(2,9)10/h5H,3-4H2,1-2H3. The molecule has 1 rings (SSSR count). The lowest BCUT2D eigenvalue weighted by Crippen LogP contribution is -2.17. The molecule has 0 amide bonds. The van der Waals surface area contributed by atoms with Gasteiger partial charge < -0.3 is 0 Å². The maximum Gasteiger partial charge on any atom is 0.247 e. The number of Topliss-reactive ketones (excluding diaryl/α,β-unsaturated/α-hetero) is 1. The summed E-state index contributed by atoms with van der Waals surface area (Å²) in [5.41, 5.74) is 0.259.